The van der Waals surface area contributed by atoms with Gasteiger partial charge in [-0.15, -0.1) is 0 Å². The molecule has 0 aromatic rings. The largest absolute Gasteiger partial charge is 0.382 e. The second-order valence-electron chi connectivity index (χ2n) is 16.1. The van der Waals surface area contributed by atoms with Crippen LogP contribution in [0.3, 0.4) is 0 Å². The van der Waals surface area contributed by atoms with Crippen molar-refractivity contribution in [2.75, 3.05) is 193 Å². The van der Waals surface area contributed by atoms with Crippen molar-refractivity contribution in [3.8, 4) is 0 Å². The number of urea groups is 1. The van der Waals surface area contributed by atoms with E-state index in [2.05, 4.69) is 109 Å². The molecular weight excluding hydrogens is 833 g/mol. The van der Waals surface area contributed by atoms with Gasteiger partial charge in [0.15, 0.2) is 5.78 Å². The van der Waals surface area contributed by atoms with Crippen molar-refractivity contribution in [3.05, 3.63) is 12.7 Å². The molecule has 5 heterocycles. The van der Waals surface area contributed by atoms with Crippen LogP contribution in [-0.2, 0) is 28.6 Å². The van der Waals surface area contributed by atoms with Gasteiger partial charge in [-0.3, -0.25) is 30.1 Å². The maximum atomic E-state index is 10.9. The first kappa shape index (κ1) is 66.5. The lowest BCUT2D eigenvalue weighted by Crippen LogP contribution is -2.54. The third-order valence-corrected chi connectivity index (χ3v) is 10.9. The molecular formula is C46H100N12O7. The highest BCUT2D eigenvalue weighted by molar-refractivity contribution is 5.88. The molecule has 0 bridgehead atoms. The van der Waals surface area contributed by atoms with E-state index in [1.807, 2.05) is 16.9 Å². The van der Waals surface area contributed by atoms with Crippen molar-refractivity contribution < 1.29 is 33.4 Å². The number of hydrazine groups is 2. The Labute approximate surface area is 397 Å². The lowest BCUT2D eigenvalue weighted by atomic mass is 10.1. The number of carbonyl (C=O) groups is 4. The van der Waals surface area contributed by atoms with Crippen molar-refractivity contribution in [3.63, 3.8) is 0 Å². The van der Waals surface area contributed by atoms with Crippen LogP contribution in [0, 0.1) is 0 Å². The first-order valence-corrected chi connectivity index (χ1v) is 23.6. The molecule has 0 radical (unpaired) electrons. The number of ether oxygens (including phenoxy) is 3. The number of allylic oxidation sites excluding steroid dienone is 1. The second-order valence-corrected chi connectivity index (χ2v) is 16.1. The van der Waals surface area contributed by atoms with E-state index in [1.165, 1.54) is 51.9 Å². The van der Waals surface area contributed by atoms with E-state index >= 15 is 0 Å². The first-order chi connectivity index (χ1) is 30.6. The topological polar surface area (TPSA) is 170 Å². The third-order valence-electron chi connectivity index (χ3n) is 10.9. The van der Waals surface area contributed by atoms with Crippen LogP contribution in [0.2, 0.25) is 0 Å². The van der Waals surface area contributed by atoms with E-state index in [4.69, 9.17) is 4.74 Å². The molecule has 5 saturated heterocycles. The predicted octanol–water partition coefficient (Wildman–Crippen LogP) is 1.63. The molecule has 0 unspecified atom stereocenters. The van der Waals surface area contributed by atoms with Crippen LogP contribution < -0.4 is 21.5 Å². The molecule has 4 amide bonds. The van der Waals surface area contributed by atoms with Gasteiger partial charge in [0.1, 0.15) is 0 Å². The van der Waals surface area contributed by atoms with E-state index in [0.717, 1.165) is 105 Å². The highest BCUT2D eigenvalue weighted by Gasteiger charge is 2.17. The molecule has 4 N–H and O–H groups in total. The number of likely N-dealkylation sites (tertiary alicyclic amines) is 1. The van der Waals surface area contributed by atoms with Gasteiger partial charge in [0.25, 0.3) is 0 Å². The van der Waals surface area contributed by atoms with Crippen molar-refractivity contribution in [1.82, 2.24) is 60.9 Å². The van der Waals surface area contributed by atoms with Gasteiger partial charge in [0, 0.05) is 139 Å². The van der Waals surface area contributed by atoms with E-state index in [9.17, 15) is 19.2 Å². The molecule has 0 spiro atoms. The van der Waals surface area contributed by atoms with Crippen molar-refractivity contribution in [1.29, 1.82) is 0 Å². The minimum absolute atomic E-state index is 0. The molecule has 0 saturated carbocycles. The number of ketones is 1. The monoisotopic (exact) mass is 933 g/mol. The summed E-state index contributed by atoms with van der Waals surface area (Å²) in [5.41, 5.74) is 5.52. The van der Waals surface area contributed by atoms with Crippen LogP contribution >= 0.6 is 0 Å². The fourth-order valence-corrected chi connectivity index (χ4v) is 6.35. The van der Waals surface area contributed by atoms with Gasteiger partial charge < -0.3 is 49.3 Å². The molecule has 0 atom stereocenters. The van der Waals surface area contributed by atoms with Crippen LogP contribution in [0.1, 0.15) is 68.2 Å². The molecule has 5 aliphatic rings. The second kappa shape index (κ2) is 45.0. The smallest absolute Gasteiger partial charge is 0.329 e. The fraction of sp³-hybridized carbons (Fsp3) is 0.870. The van der Waals surface area contributed by atoms with Crippen LogP contribution in [0.25, 0.3) is 0 Å². The van der Waals surface area contributed by atoms with Crippen LogP contribution in [0.15, 0.2) is 12.7 Å². The Morgan fingerprint density at radius 3 is 1.28 bits per heavy atom. The number of methoxy groups -OCH3 is 2. The van der Waals surface area contributed by atoms with Gasteiger partial charge >= 0.3 is 6.03 Å². The number of hydrogen-bond donors (Lipinski definition) is 4. The highest BCUT2D eigenvalue weighted by Crippen LogP contribution is 2.07. The lowest BCUT2D eigenvalue weighted by molar-refractivity contribution is -0.124. The summed E-state index contributed by atoms with van der Waals surface area (Å²) in [6.45, 7) is 38.9. The standard InChI is InChI=1S/C8H16N2O.C8H18N2.C7H16N4O.C7H15N3O.C6H13NO.C5H8O.C4H10O2.CH4/c1-7(11)9-8-3-5-10(2)6-4-8;1-3-9-5-7-10(4-2)8-6-9;1-8-7(12)9-11-5-3-10(2)4-6-11;1-7(11)8-10-5-3-9(2)4-6-10;1-2-7-3-5-8-6-4-7;1-3-5(6)4-2;1-5-3-4-6-2;/h8H,3-6H2,1-2H3,(H,9,11);3-8H2,1-2H3;3-6H2,1-2H3,(H2,8,9,12);3-6H2,1-2H3,(H,8,11);2-6H2,1H3;3H,1,4H2,2H3;3-4H2,1-2H3;1H4. The Morgan fingerprint density at radius 2 is 0.985 bits per heavy atom. The molecule has 0 aromatic carbocycles. The molecule has 19 heteroatoms. The summed E-state index contributed by atoms with van der Waals surface area (Å²) < 4.78 is 14.5. The van der Waals surface area contributed by atoms with Crippen molar-refractivity contribution in [2.24, 2.45) is 0 Å². The number of piperazine rings is 3. The van der Waals surface area contributed by atoms with Gasteiger partial charge in [-0.1, -0.05) is 41.7 Å². The van der Waals surface area contributed by atoms with Crippen LogP contribution in [0.5, 0.6) is 0 Å². The summed E-state index contributed by atoms with van der Waals surface area (Å²) in [6.07, 6.45) is 4.09. The Balaban J connectivity index is -0.000000698. The number of amides is 4. The van der Waals surface area contributed by atoms with E-state index in [-0.39, 0.29) is 31.1 Å². The molecule has 65 heavy (non-hydrogen) atoms. The van der Waals surface area contributed by atoms with E-state index < -0.39 is 0 Å². The number of piperidine rings is 1. The molecule has 5 aliphatic heterocycles. The molecule has 5 rings (SSSR count). The maximum Gasteiger partial charge on any atom is 0.329 e. The Morgan fingerprint density at radius 1 is 0.600 bits per heavy atom. The van der Waals surface area contributed by atoms with Gasteiger partial charge in [-0.2, -0.15) is 0 Å². The summed E-state index contributed by atoms with van der Waals surface area (Å²) in [5, 5.41) is 9.34. The first-order valence-electron chi connectivity index (χ1n) is 23.6. The zero-order chi connectivity index (χ0) is 48.5. The molecule has 19 nitrogen and oxygen atoms in total. The normalized spacial score (nSPS) is 19.1. The summed E-state index contributed by atoms with van der Waals surface area (Å²) in [6, 6.07) is 0.281. The number of rotatable bonds is 11. The Hall–Kier alpha value is -2.82. The number of likely N-dealkylation sites (N-methyl/N-ethyl adjacent to an activating group) is 5. The summed E-state index contributed by atoms with van der Waals surface area (Å²) in [4.78, 5) is 56.4. The number of nitrogens with one attached hydrogen (secondary N) is 4. The highest BCUT2D eigenvalue weighted by atomic mass is 16.5. The van der Waals surface area contributed by atoms with Crippen LogP contribution in [-0.4, -0.2) is 262 Å². The molecule has 0 aromatic heterocycles. The number of carbonyl (C=O) groups excluding carboxylic acids is 4. The van der Waals surface area contributed by atoms with E-state index in [1.54, 1.807) is 35.1 Å². The summed E-state index contributed by atoms with van der Waals surface area (Å²) in [7, 11) is 11.2. The number of nitrogens with zero attached hydrogens (tertiary/aromatic N) is 8. The molecule has 5 fully saturated rings. The summed E-state index contributed by atoms with van der Waals surface area (Å²) in [5.74, 6) is 0.226. The Bertz CT molecular complexity index is 1090. The predicted molar refractivity (Wildman–Crippen MR) is 267 cm³/mol. The Kier molecular flexibility index (Phi) is 46.0. The molecule has 386 valence electrons. The van der Waals surface area contributed by atoms with Crippen molar-refractivity contribution >= 4 is 23.6 Å². The SMILES string of the molecule is C.C=CC(=O)CC.CC(=O)NC1CCN(C)CC1.CC(=O)NN1CCN(C)CC1.CCN1CCN(CC)CC1.CCN1CCOCC1.CNC(=O)NN1CCN(C)CC1.COCCOC. The fourth-order valence-electron chi connectivity index (χ4n) is 6.35. The molecule has 0 aliphatic carbocycles. The average Bonchev–Trinajstić information content (AvgIpc) is 3.31. The lowest BCUT2D eigenvalue weighted by Gasteiger charge is -2.33. The third kappa shape index (κ3) is 41.1. The quantitative estimate of drug-likeness (QED) is 0.174. The average molecular weight is 933 g/mol. The van der Waals surface area contributed by atoms with Crippen LogP contribution in [0.4, 0.5) is 4.79 Å². The van der Waals surface area contributed by atoms with Gasteiger partial charge in [-0.25, -0.2) is 14.8 Å². The van der Waals surface area contributed by atoms with Gasteiger partial charge in [-0.05, 0) is 72.8 Å². The summed E-state index contributed by atoms with van der Waals surface area (Å²) >= 11 is 0. The maximum absolute atomic E-state index is 10.9. The van der Waals surface area contributed by atoms with E-state index in [0.29, 0.717) is 25.7 Å². The minimum atomic E-state index is -0.139. The number of hydrogen-bond acceptors (Lipinski definition) is 15. The number of morpholine rings is 1. The van der Waals surface area contributed by atoms with Crippen molar-refractivity contribution in [2.45, 2.75) is 74.3 Å². The zero-order valence-electron chi connectivity index (χ0n) is 42.7. The van der Waals surface area contributed by atoms with Gasteiger partial charge in [0.05, 0.1) is 26.4 Å². The minimum Gasteiger partial charge on any atom is -0.382 e. The zero-order valence-corrected chi connectivity index (χ0v) is 42.7. The van der Waals surface area contributed by atoms with Gasteiger partial charge in [0.2, 0.25) is 11.8 Å².